The fraction of sp³-hybridized carbons (Fsp3) is 0.733. The van der Waals surface area contributed by atoms with Crippen LogP contribution in [0.3, 0.4) is 0 Å². The van der Waals surface area contributed by atoms with Crippen molar-refractivity contribution in [3.8, 4) is 0 Å². The van der Waals surface area contributed by atoms with Gasteiger partial charge in [-0.25, -0.2) is 0 Å². The lowest BCUT2D eigenvalue weighted by Crippen LogP contribution is -2.34. The van der Waals surface area contributed by atoms with Gasteiger partial charge in [-0.1, -0.05) is 19.1 Å². The lowest BCUT2D eigenvalue weighted by Gasteiger charge is -2.33. The second-order valence-corrected chi connectivity index (χ2v) is 7.03. The third-order valence-corrected chi connectivity index (χ3v) is 5.34. The molecule has 2 unspecified atom stereocenters. The molecule has 1 aliphatic rings. The Morgan fingerprint density at radius 2 is 2.11 bits per heavy atom. The predicted molar refractivity (Wildman–Crippen MR) is 81.3 cm³/mol. The van der Waals surface area contributed by atoms with Gasteiger partial charge in [-0.3, -0.25) is 9.59 Å². The normalized spacial score (nSPS) is 27.2. The SMILES string of the molecule is C=C(C)[C@H]1CC(=O)C(C)C(SCCC(=O)N(C)C)C1. The Morgan fingerprint density at radius 1 is 1.47 bits per heavy atom. The van der Waals surface area contributed by atoms with Crippen molar-refractivity contribution in [1.82, 2.24) is 4.90 Å². The Hall–Kier alpha value is -0.770. The van der Waals surface area contributed by atoms with Gasteiger partial charge < -0.3 is 4.90 Å². The summed E-state index contributed by atoms with van der Waals surface area (Å²) in [5.74, 6) is 1.72. The van der Waals surface area contributed by atoms with Gasteiger partial charge in [0.2, 0.25) is 5.91 Å². The Bertz CT molecular complexity index is 365. The van der Waals surface area contributed by atoms with Crippen LogP contribution >= 0.6 is 11.8 Å². The lowest BCUT2D eigenvalue weighted by atomic mass is 9.79. The van der Waals surface area contributed by atoms with Gasteiger partial charge >= 0.3 is 0 Å². The minimum Gasteiger partial charge on any atom is -0.349 e. The zero-order chi connectivity index (χ0) is 14.6. The first-order chi connectivity index (χ1) is 8.82. The fourth-order valence-corrected chi connectivity index (χ4v) is 3.72. The second-order valence-electron chi connectivity index (χ2n) is 5.69. The first-order valence-electron chi connectivity index (χ1n) is 6.82. The van der Waals surface area contributed by atoms with Crippen LogP contribution in [-0.2, 0) is 9.59 Å². The van der Waals surface area contributed by atoms with E-state index in [0.29, 0.717) is 29.8 Å². The molecule has 0 aromatic heterocycles. The van der Waals surface area contributed by atoms with Crippen molar-refractivity contribution in [2.75, 3.05) is 19.8 Å². The van der Waals surface area contributed by atoms with Crippen molar-refractivity contribution >= 4 is 23.5 Å². The molecule has 3 atom stereocenters. The molecule has 1 amide bonds. The van der Waals surface area contributed by atoms with Gasteiger partial charge in [0.15, 0.2) is 0 Å². The number of amides is 1. The van der Waals surface area contributed by atoms with Gasteiger partial charge in [0.05, 0.1) is 0 Å². The number of allylic oxidation sites excluding steroid dienone is 1. The summed E-state index contributed by atoms with van der Waals surface area (Å²) in [7, 11) is 3.55. The van der Waals surface area contributed by atoms with E-state index in [0.717, 1.165) is 17.7 Å². The Balaban J connectivity index is 2.48. The van der Waals surface area contributed by atoms with E-state index in [2.05, 4.69) is 6.58 Å². The number of thioether (sulfide) groups is 1. The molecule has 3 nitrogen and oxygen atoms in total. The number of ketones is 1. The molecule has 0 heterocycles. The van der Waals surface area contributed by atoms with Gasteiger partial charge in [0.1, 0.15) is 5.78 Å². The van der Waals surface area contributed by atoms with E-state index >= 15 is 0 Å². The van der Waals surface area contributed by atoms with Crippen LogP contribution in [0.4, 0.5) is 0 Å². The quantitative estimate of drug-likeness (QED) is 0.728. The van der Waals surface area contributed by atoms with Gasteiger partial charge in [0, 0.05) is 43.9 Å². The number of rotatable bonds is 5. The van der Waals surface area contributed by atoms with Crippen molar-refractivity contribution < 1.29 is 9.59 Å². The molecular weight excluding hydrogens is 258 g/mol. The Labute approximate surface area is 120 Å². The van der Waals surface area contributed by atoms with Crippen LogP contribution in [-0.4, -0.2) is 41.7 Å². The standard InChI is InChI=1S/C15H25NO2S/c1-10(2)12-8-13(17)11(3)14(9-12)19-7-6-15(18)16(4)5/h11-12,14H,1,6-9H2,2-5H3/t11?,12-,14?/m0/s1. The van der Waals surface area contributed by atoms with Gasteiger partial charge in [-0.2, -0.15) is 11.8 Å². The van der Waals surface area contributed by atoms with E-state index in [1.165, 1.54) is 0 Å². The van der Waals surface area contributed by atoms with Crippen LogP contribution in [0.15, 0.2) is 12.2 Å². The predicted octanol–water partition coefficient (Wildman–Crippen LogP) is 2.76. The highest BCUT2D eigenvalue weighted by Crippen LogP contribution is 2.37. The van der Waals surface area contributed by atoms with E-state index < -0.39 is 0 Å². The minimum absolute atomic E-state index is 0.107. The fourth-order valence-electron chi connectivity index (χ4n) is 2.31. The highest BCUT2D eigenvalue weighted by molar-refractivity contribution is 7.99. The maximum atomic E-state index is 12.0. The number of carbonyl (C=O) groups excluding carboxylic acids is 2. The van der Waals surface area contributed by atoms with E-state index in [1.807, 2.05) is 13.8 Å². The van der Waals surface area contributed by atoms with E-state index in [1.54, 1.807) is 30.8 Å². The molecule has 0 N–H and O–H groups in total. The van der Waals surface area contributed by atoms with Crippen LogP contribution in [0.5, 0.6) is 0 Å². The summed E-state index contributed by atoms with van der Waals surface area (Å²) in [6.45, 7) is 8.00. The monoisotopic (exact) mass is 283 g/mol. The molecule has 0 radical (unpaired) electrons. The molecule has 0 aliphatic heterocycles. The topological polar surface area (TPSA) is 37.4 Å². The summed E-state index contributed by atoms with van der Waals surface area (Å²) in [6, 6.07) is 0. The number of Topliss-reactive ketones (excluding diaryl/α,β-unsaturated/α-hetero) is 1. The number of nitrogens with zero attached hydrogens (tertiary/aromatic N) is 1. The molecule has 1 aliphatic carbocycles. The molecule has 1 fully saturated rings. The lowest BCUT2D eigenvalue weighted by molar-refractivity contribution is -0.128. The highest BCUT2D eigenvalue weighted by atomic mass is 32.2. The van der Waals surface area contributed by atoms with Crippen LogP contribution < -0.4 is 0 Å². The molecule has 108 valence electrons. The molecule has 19 heavy (non-hydrogen) atoms. The first kappa shape index (κ1) is 16.3. The first-order valence-corrected chi connectivity index (χ1v) is 7.87. The highest BCUT2D eigenvalue weighted by Gasteiger charge is 2.34. The molecule has 4 heteroatoms. The van der Waals surface area contributed by atoms with Gasteiger partial charge in [-0.05, 0) is 19.3 Å². The zero-order valence-corrected chi connectivity index (χ0v) is 13.3. The smallest absolute Gasteiger partial charge is 0.222 e. The summed E-state index contributed by atoms with van der Waals surface area (Å²) in [4.78, 5) is 25.1. The maximum Gasteiger partial charge on any atom is 0.222 e. The summed E-state index contributed by atoms with van der Waals surface area (Å²) >= 11 is 1.77. The third kappa shape index (κ3) is 4.68. The summed E-state index contributed by atoms with van der Waals surface area (Å²) in [6.07, 6.45) is 2.21. The van der Waals surface area contributed by atoms with Crippen molar-refractivity contribution in [3.63, 3.8) is 0 Å². The average molecular weight is 283 g/mol. The second kappa shape index (κ2) is 7.13. The van der Waals surface area contributed by atoms with Crippen molar-refractivity contribution in [2.45, 2.75) is 38.4 Å². The average Bonchev–Trinajstić information content (AvgIpc) is 2.33. The van der Waals surface area contributed by atoms with E-state index in [4.69, 9.17) is 0 Å². The molecule has 1 saturated carbocycles. The van der Waals surface area contributed by atoms with Crippen LogP contribution in [0.2, 0.25) is 0 Å². The van der Waals surface area contributed by atoms with Crippen molar-refractivity contribution in [2.24, 2.45) is 11.8 Å². The molecular formula is C15H25NO2S. The van der Waals surface area contributed by atoms with E-state index in [-0.39, 0.29) is 11.8 Å². The van der Waals surface area contributed by atoms with Crippen LogP contribution in [0.25, 0.3) is 0 Å². The molecule has 0 aromatic carbocycles. The molecule has 0 saturated heterocycles. The number of carbonyl (C=O) groups is 2. The van der Waals surface area contributed by atoms with Crippen molar-refractivity contribution in [1.29, 1.82) is 0 Å². The van der Waals surface area contributed by atoms with Gasteiger partial charge in [-0.15, -0.1) is 0 Å². The molecule has 0 spiro atoms. The molecule has 0 aromatic rings. The van der Waals surface area contributed by atoms with Gasteiger partial charge in [0.25, 0.3) is 0 Å². The van der Waals surface area contributed by atoms with Crippen LogP contribution in [0, 0.1) is 11.8 Å². The largest absolute Gasteiger partial charge is 0.349 e. The molecule has 1 rings (SSSR count). The molecule has 0 bridgehead atoms. The number of hydrogen-bond acceptors (Lipinski definition) is 3. The summed E-state index contributed by atoms with van der Waals surface area (Å²) in [5, 5.41) is 0.331. The van der Waals surface area contributed by atoms with E-state index in [9.17, 15) is 9.59 Å². The zero-order valence-electron chi connectivity index (χ0n) is 12.4. The Morgan fingerprint density at radius 3 is 2.63 bits per heavy atom. The Kier molecular flexibility index (Phi) is 6.11. The summed E-state index contributed by atoms with van der Waals surface area (Å²) in [5.41, 5.74) is 1.11. The van der Waals surface area contributed by atoms with Crippen molar-refractivity contribution in [3.05, 3.63) is 12.2 Å². The number of hydrogen-bond donors (Lipinski definition) is 0. The van der Waals surface area contributed by atoms with Crippen LogP contribution in [0.1, 0.15) is 33.1 Å². The minimum atomic E-state index is 0.107. The third-order valence-electron chi connectivity index (χ3n) is 3.87. The maximum absolute atomic E-state index is 12.0. The summed E-state index contributed by atoms with van der Waals surface area (Å²) < 4.78 is 0.